The van der Waals surface area contributed by atoms with E-state index in [1.54, 1.807) is 6.07 Å². The number of amides is 1. The van der Waals surface area contributed by atoms with Gasteiger partial charge in [0, 0.05) is 50.4 Å². The van der Waals surface area contributed by atoms with Gasteiger partial charge in [-0.15, -0.1) is 6.07 Å². The van der Waals surface area contributed by atoms with E-state index in [2.05, 4.69) is 91.6 Å². The number of halogens is 2. The first-order valence-corrected chi connectivity index (χ1v) is 13.4. The number of nitrogens with zero attached hydrogens (tertiary/aromatic N) is 2. The zero-order valence-corrected chi connectivity index (χ0v) is 32.2. The molecule has 0 aliphatic heterocycles. The first-order valence-electron chi connectivity index (χ1n) is 13.4. The number of carbonyl (C=O) groups excluding carboxylic acids is 1. The molecule has 0 aliphatic carbocycles. The van der Waals surface area contributed by atoms with E-state index < -0.39 is 0 Å². The zero-order chi connectivity index (χ0) is 28.2. The van der Waals surface area contributed by atoms with Crippen LogP contribution >= 0.6 is 0 Å². The molecule has 6 aromatic rings. The standard InChI is InChI=1S/C18H16N2O.C18H18N.2HI.Y/c1-13-7-9-15(10-8-13)19-18(21)17-16-6-4-3-5-14(16)11-12-20(17)2;1-13-8-9-16(12-14(13)2)18-17-7-5-4-6-15(17)10-11-19(18)3;;;/h3-7,9-12H,1-2H3,(H,19,21);4-12H,1-3H3;2*1H;/q;+1;;;/p-2. The summed E-state index contributed by atoms with van der Waals surface area (Å²) in [5, 5.41) is 7.51. The smallest absolute Gasteiger partial charge is 0.310 e. The molecule has 0 saturated heterocycles. The Morgan fingerprint density at radius 2 is 1.30 bits per heavy atom. The fourth-order valence-electron chi connectivity index (χ4n) is 4.93. The molecule has 7 heteroatoms. The van der Waals surface area contributed by atoms with Crippen LogP contribution in [0.5, 0.6) is 0 Å². The van der Waals surface area contributed by atoms with Crippen LogP contribution in [0.25, 0.3) is 32.8 Å². The van der Waals surface area contributed by atoms with Crippen LogP contribution in [0.2, 0.25) is 0 Å². The van der Waals surface area contributed by atoms with E-state index in [9.17, 15) is 4.79 Å². The van der Waals surface area contributed by atoms with Crippen LogP contribution in [0.4, 0.5) is 5.69 Å². The number of hydrogen-bond donors (Lipinski definition) is 1. The van der Waals surface area contributed by atoms with Gasteiger partial charge < -0.3 is 53.3 Å². The van der Waals surface area contributed by atoms with E-state index in [1.807, 2.05) is 67.2 Å². The van der Waals surface area contributed by atoms with Crippen molar-refractivity contribution in [2.24, 2.45) is 14.1 Å². The summed E-state index contributed by atoms with van der Waals surface area (Å²) in [6.07, 6.45) is 4.03. The van der Waals surface area contributed by atoms with Crippen LogP contribution in [0.3, 0.4) is 0 Å². The SMILES string of the molecule is Cc1[c-]cc(NC(=O)c2c3ccccc3cc[n+]2C)cc1.Cc1ccc(-c2c3ccccc3cc[n+]2C)cc1C.[I-].[I-].[Y]. The molecule has 1 N–H and O–H groups in total. The Hall–Kier alpha value is -2.27. The Balaban J connectivity index is 0.000000282. The molecule has 0 unspecified atom stereocenters. The molecule has 2 heterocycles. The molecule has 0 fully saturated rings. The van der Waals surface area contributed by atoms with Gasteiger partial charge in [0.15, 0.2) is 12.4 Å². The second kappa shape index (κ2) is 16.7. The van der Waals surface area contributed by atoms with Crippen molar-refractivity contribution in [2.75, 3.05) is 5.32 Å². The summed E-state index contributed by atoms with van der Waals surface area (Å²) in [7, 11) is 3.99. The van der Waals surface area contributed by atoms with E-state index in [4.69, 9.17) is 0 Å². The number of pyridine rings is 2. The van der Waals surface area contributed by atoms with Crippen molar-refractivity contribution in [3.63, 3.8) is 0 Å². The summed E-state index contributed by atoms with van der Waals surface area (Å²) in [5.74, 6) is -0.119. The van der Waals surface area contributed by atoms with Crippen LogP contribution in [-0.4, -0.2) is 5.91 Å². The Morgan fingerprint density at radius 1 is 0.698 bits per heavy atom. The topological polar surface area (TPSA) is 36.9 Å². The minimum atomic E-state index is -0.119. The van der Waals surface area contributed by atoms with Crippen LogP contribution < -0.4 is 62.4 Å². The van der Waals surface area contributed by atoms with Gasteiger partial charge in [-0.2, -0.15) is 28.3 Å². The molecule has 4 aromatic carbocycles. The van der Waals surface area contributed by atoms with E-state index in [0.717, 1.165) is 22.0 Å². The monoisotopic (exact) mass is 867 g/mol. The van der Waals surface area contributed by atoms with Crippen molar-refractivity contribution in [1.82, 2.24) is 0 Å². The van der Waals surface area contributed by atoms with Gasteiger partial charge in [-0.25, -0.2) is 4.57 Å². The molecule has 4 nitrogen and oxygen atoms in total. The molecular formula is C36H34I2N3OY-. The normalized spacial score (nSPS) is 9.98. The summed E-state index contributed by atoms with van der Waals surface area (Å²) in [6, 6.07) is 36.0. The Morgan fingerprint density at radius 3 is 1.93 bits per heavy atom. The number of anilines is 1. The number of nitrogens with one attached hydrogen (secondary N) is 1. The summed E-state index contributed by atoms with van der Waals surface area (Å²) in [5.41, 5.74) is 7.68. The van der Waals surface area contributed by atoms with Gasteiger partial charge >= 0.3 is 5.91 Å². The molecule has 2 aromatic heterocycles. The number of aryl methyl sites for hydroxylation is 5. The Kier molecular flexibility index (Phi) is 14.3. The number of aromatic nitrogens is 2. The van der Waals surface area contributed by atoms with Gasteiger partial charge in [0.25, 0.3) is 5.69 Å². The first-order chi connectivity index (χ1) is 19.3. The van der Waals surface area contributed by atoms with Crippen LogP contribution in [-0.2, 0) is 46.8 Å². The predicted octanol–water partition coefficient (Wildman–Crippen LogP) is 0.979. The molecule has 0 saturated carbocycles. The summed E-state index contributed by atoms with van der Waals surface area (Å²) in [4.78, 5) is 12.6. The molecule has 0 atom stereocenters. The minimum Gasteiger partial charge on any atom is -1.00 e. The maximum atomic E-state index is 12.6. The van der Waals surface area contributed by atoms with Gasteiger partial charge in [0.1, 0.15) is 14.1 Å². The number of rotatable bonds is 3. The quantitative estimate of drug-likeness (QED) is 0.161. The molecule has 6 rings (SSSR count). The first kappa shape index (κ1) is 36.9. The molecule has 0 spiro atoms. The van der Waals surface area contributed by atoms with E-state index >= 15 is 0 Å². The van der Waals surface area contributed by atoms with E-state index in [0.29, 0.717) is 5.69 Å². The third-order valence-electron chi connectivity index (χ3n) is 7.31. The average molecular weight is 867 g/mol. The van der Waals surface area contributed by atoms with Crippen molar-refractivity contribution >= 4 is 33.1 Å². The fraction of sp³-hybridized carbons (Fsp3) is 0.139. The largest absolute Gasteiger partial charge is 1.00 e. The van der Waals surface area contributed by atoms with Crippen molar-refractivity contribution in [3.8, 4) is 11.3 Å². The Bertz CT molecular complexity index is 1860. The summed E-state index contributed by atoms with van der Waals surface area (Å²) < 4.78 is 4.04. The maximum absolute atomic E-state index is 12.6. The number of carbonyl (C=O) groups is 1. The van der Waals surface area contributed by atoms with Crippen molar-refractivity contribution in [3.05, 3.63) is 138 Å². The fourth-order valence-corrected chi connectivity index (χ4v) is 4.93. The molecule has 0 bridgehead atoms. The average Bonchev–Trinajstić information content (AvgIpc) is 2.96. The number of benzene rings is 4. The number of hydrogen-bond acceptors (Lipinski definition) is 1. The molecule has 1 radical (unpaired) electrons. The van der Waals surface area contributed by atoms with E-state index in [1.165, 1.54) is 33.2 Å². The predicted molar refractivity (Wildman–Crippen MR) is 163 cm³/mol. The molecule has 0 aliphatic rings. The van der Waals surface area contributed by atoms with Crippen molar-refractivity contribution in [2.45, 2.75) is 20.8 Å². The molecular weight excluding hydrogens is 833 g/mol. The van der Waals surface area contributed by atoms with Crippen molar-refractivity contribution in [1.29, 1.82) is 0 Å². The van der Waals surface area contributed by atoms with E-state index in [-0.39, 0.29) is 86.6 Å². The molecule has 43 heavy (non-hydrogen) atoms. The van der Waals surface area contributed by atoms with Gasteiger partial charge in [0.2, 0.25) is 5.69 Å². The van der Waals surface area contributed by atoms with Gasteiger partial charge in [0.05, 0.1) is 10.8 Å². The minimum absolute atomic E-state index is 0. The maximum Gasteiger partial charge on any atom is 0.310 e. The van der Waals surface area contributed by atoms with Crippen LogP contribution in [0.15, 0.2) is 109 Å². The summed E-state index contributed by atoms with van der Waals surface area (Å²) >= 11 is 0. The molecule has 217 valence electrons. The number of fused-ring (bicyclic) bond motifs is 2. The summed E-state index contributed by atoms with van der Waals surface area (Å²) in [6.45, 7) is 6.29. The van der Waals surface area contributed by atoms with Gasteiger partial charge in [-0.05, 0) is 60.0 Å². The third-order valence-corrected chi connectivity index (χ3v) is 7.31. The zero-order valence-electron chi connectivity index (χ0n) is 25.0. The second-order valence-electron chi connectivity index (χ2n) is 10.2. The third kappa shape index (κ3) is 8.68. The van der Waals surface area contributed by atoms with Crippen LogP contribution in [0, 0.1) is 26.8 Å². The van der Waals surface area contributed by atoms with Crippen LogP contribution in [0.1, 0.15) is 27.2 Å². The van der Waals surface area contributed by atoms with Gasteiger partial charge in [-0.3, -0.25) is 4.79 Å². The van der Waals surface area contributed by atoms with Gasteiger partial charge in [-0.1, -0.05) is 55.1 Å². The van der Waals surface area contributed by atoms with Crippen molar-refractivity contribution < 1.29 is 94.6 Å². The second-order valence-corrected chi connectivity index (χ2v) is 10.2. The Labute approximate surface area is 313 Å². The molecule has 1 amide bonds.